The lowest BCUT2D eigenvalue weighted by Gasteiger charge is -2.01. The van der Waals surface area contributed by atoms with E-state index in [0.29, 0.717) is 5.56 Å². The van der Waals surface area contributed by atoms with Gasteiger partial charge in [0.05, 0.1) is 0 Å². The number of rotatable bonds is 3. The standard InChI is InChI=1S/C11H10O4/c1-8(12)15-10(11(13)14)7-9-5-3-2-4-6-9/h2-7H,1H3,(H,13,14)/b10-7-. The summed E-state index contributed by atoms with van der Waals surface area (Å²) in [6, 6.07) is 8.76. The molecule has 0 aliphatic heterocycles. The first-order chi connectivity index (χ1) is 7.09. The van der Waals surface area contributed by atoms with E-state index in [4.69, 9.17) is 5.11 Å². The first kappa shape index (κ1) is 11.0. The monoisotopic (exact) mass is 206 g/mol. The zero-order valence-corrected chi connectivity index (χ0v) is 8.14. The highest BCUT2D eigenvalue weighted by Crippen LogP contribution is 2.08. The molecule has 1 N–H and O–H groups in total. The number of aliphatic carboxylic acids is 1. The molecule has 0 aliphatic rings. The van der Waals surface area contributed by atoms with Crippen LogP contribution in [0.25, 0.3) is 6.08 Å². The van der Waals surface area contributed by atoms with Crippen LogP contribution in [0.15, 0.2) is 36.1 Å². The fourth-order valence-electron chi connectivity index (χ4n) is 0.990. The first-order valence-corrected chi connectivity index (χ1v) is 4.28. The van der Waals surface area contributed by atoms with Crippen LogP contribution in [0.4, 0.5) is 0 Å². The fourth-order valence-corrected chi connectivity index (χ4v) is 0.990. The van der Waals surface area contributed by atoms with Crippen molar-refractivity contribution in [2.75, 3.05) is 0 Å². The van der Waals surface area contributed by atoms with Gasteiger partial charge in [0, 0.05) is 6.92 Å². The third-order valence-corrected chi connectivity index (χ3v) is 1.56. The van der Waals surface area contributed by atoms with Crippen molar-refractivity contribution in [2.24, 2.45) is 0 Å². The number of carbonyl (C=O) groups excluding carboxylic acids is 1. The molecule has 1 aromatic carbocycles. The van der Waals surface area contributed by atoms with Gasteiger partial charge in [-0.1, -0.05) is 30.3 Å². The summed E-state index contributed by atoms with van der Waals surface area (Å²) in [5, 5.41) is 8.74. The summed E-state index contributed by atoms with van der Waals surface area (Å²) >= 11 is 0. The minimum atomic E-state index is -1.27. The quantitative estimate of drug-likeness (QED) is 0.464. The third-order valence-electron chi connectivity index (χ3n) is 1.56. The number of hydrogen-bond donors (Lipinski definition) is 1. The number of esters is 1. The number of hydrogen-bond acceptors (Lipinski definition) is 3. The van der Waals surface area contributed by atoms with Gasteiger partial charge in [0.1, 0.15) is 0 Å². The summed E-state index contributed by atoms with van der Waals surface area (Å²) < 4.78 is 4.54. The maximum atomic E-state index is 10.7. The van der Waals surface area contributed by atoms with Crippen molar-refractivity contribution < 1.29 is 19.4 Å². The molecular formula is C11H10O4. The van der Waals surface area contributed by atoms with E-state index in [2.05, 4.69) is 4.74 Å². The molecular weight excluding hydrogens is 196 g/mol. The summed E-state index contributed by atoms with van der Waals surface area (Å²) in [5.74, 6) is -2.30. The second-order valence-corrected chi connectivity index (χ2v) is 2.82. The maximum Gasteiger partial charge on any atom is 0.371 e. The van der Waals surface area contributed by atoms with Crippen LogP contribution in [-0.4, -0.2) is 17.0 Å². The SMILES string of the molecule is CC(=O)O/C(=C\c1ccccc1)C(=O)O. The lowest BCUT2D eigenvalue weighted by Crippen LogP contribution is -2.08. The van der Waals surface area contributed by atoms with E-state index in [1.807, 2.05) is 6.07 Å². The molecule has 4 nitrogen and oxygen atoms in total. The summed E-state index contributed by atoms with van der Waals surface area (Å²) in [5.41, 5.74) is 0.663. The summed E-state index contributed by atoms with van der Waals surface area (Å²) in [4.78, 5) is 21.3. The van der Waals surface area contributed by atoms with Gasteiger partial charge < -0.3 is 9.84 Å². The second-order valence-electron chi connectivity index (χ2n) is 2.82. The van der Waals surface area contributed by atoms with Crippen LogP contribution >= 0.6 is 0 Å². The largest absolute Gasteiger partial charge is 0.475 e. The molecule has 0 amide bonds. The number of carboxylic acids is 1. The first-order valence-electron chi connectivity index (χ1n) is 4.28. The Labute approximate surface area is 86.8 Å². The van der Waals surface area contributed by atoms with Gasteiger partial charge >= 0.3 is 11.9 Å². The molecule has 1 aromatic rings. The molecule has 0 aromatic heterocycles. The molecule has 4 heteroatoms. The van der Waals surface area contributed by atoms with Crippen LogP contribution in [0.2, 0.25) is 0 Å². The lowest BCUT2D eigenvalue weighted by atomic mass is 10.2. The van der Waals surface area contributed by atoms with E-state index in [-0.39, 0.29) is 5.76 Å². The number of ether oxygens (including phenoxy) is 1. The van der Waals surface area contributed by atoms with Gasteiger partial charge in [-0.25, -0.2) is 4.79 Å². The topological polar surface area (TPSA) is 63.6 Å². The van der Waals surface area contributed by atoms with Crippen LogP contribution in [0, 0.1) is 0 Å². The Morgan fingerprint density at radius 1 is 1.27 bits per heavy atom. The van der Waals surface area contributed by atoms with E-state index in [1.165, 1.54) is 6.08 Å². The van der Waals surface area contributed by atoms with Crippen molar-refractivity contribution >= 4 is 18.0 Å². The van der Waals surface area contributed by atoms with Crippen LogP contribution in [-0.2, 0) is 14.3 Å². The van der Waals surface area contributed by atoms with Gasteiger partial charge in [-0.05, 0) is 11.6 Å². The smallest absolute Gasteiger partial charge is 0.371 e. The zero-order chi connectivity index (χ0) is 11.3. The zero-order valence-electron chi connectivity index (χ0n) is 8.14. The van der Waals surface area contributed by atoms with Gasteiger partial charge in [0.25, 0.3) is 0 Å². The number of carbonyl (C=O) groups is 2. The molecule has 0 radical (unpaired) electrons. The highest BCUT2D eigenvalue weighted by Gasteiger charge is 2.10. The van der Waals surface area contributed by atoms with Crippen molar-refractivity contribution in [3.05, 3.63) is 41.7 Å². The predicted molar refractivity (Wildman–Crippen MR) is 53.8 cm³/mol. The Hall–Kier alpha value is -2.10. The van der Waals surface area contributed by atoms with Gasteiger partial charge in [0.15, 0.2) is 0 Å². The minimum absolute atomic E-state index is 0.381. The molecule has 0 atom stereocenters. The van der Waals surface area contributed by atoms with Gasteiger partial charge in [0.2, 0.25) is 5.76 Å². The van der Waals surface area contributed by atoms with Crippen molar-refractivity contribution in [2.45, 2.75) is 6.92 Å². The normalized spacial score (nSPS) is 10.9. The van der Waals surface area contributed by atoms with E-state index >= 15 is 0 Å². The molecule has 0 fully saturated rings. The summed E-state index contributed by atoms with van der Waals surface area (Å²) in [7, 11) is 0. The molecule has 0 unspecified atom stereocenters. The Bertz CT molecular complexity index is 392. The number of benzene rings is 1. The van der Waals surface area contributed by atoms with Crippen molar-refractivity contribution in [1.29, 1.82) is 0 Å². The van der Waals surface area contributed by atoms with E-state index in [9.17, 15) is 9.59 Å². The van der Waals surface area contributed by atoms with Crippen LogP contribution in [0.3, 0.4) is 0 Å². The van der Waals surface area contributed by atoms with Gasteiger partial charge in [-0.3, -0.25) is 4.79 Å². The molecule has 0 aliphatic carbocycles. The van der Waals surface area contributed by atoms with Crippen LogP contribution < -0.4 is 0 Å². The molecule has 0 saturated heterocycles. The van der Waals surface area contributed by atoms with E-state index in [1.54, 1.807) is 24.3 Å². The lowest BCUT2D eigenvalue weighted by molar-refractivity contribution is -0.146. The van der Waals surface area contributed by atoms with E-state index in [0.717, 1.165) is 6.92 Å². The predicted octanol–water partition coefficient (Wildman–Crippen LogP) is 1.68. The highest BCUT2D eigenvalue weighted by atomic mass is 16.6. The van der Waals surface area contributed by atoms with Crippen LogP contribution in [0.1, 0.15) is 12.5 Å². The van der Waals surface area contributed by atoms with Gasteiger partial charge in [-0.15, -0.1) is 0 Å². The number of carboxylic acid groups (broad SMARTS) is 1. The average molecular weight is 206 g/mol. The van der Waals surface area contributed by atoms with Crippen LogP contribution in [0.5, 0.6) is 0 Å². The Morgan fingerprint density at radius 2 is 1.87 bits per heavy atom. The minimum Gasteiger partial charge on any atom is -0.475 e. The molecule has 1 rings (SSSR count). The third kappa shape index (κ3) is 3.64. The van der Waals surface area contributed by atoms with Crippen molar-refractivity contribution in [1.82, 2.24) is 0 Å². The molecule has 78 valence electrons. The maximum absolute atomic E-state index is 10.7. The average Bonchev–Trinajstić information content (AvgIpc) is 2.17. The van der Waals surface area contributed by atoms with Crippen molar-refractivity contribution in [3.8, 4) is 0 Å². The summed E-state index contributed by atoms with van der Waals surface area (Å²) in [6.07, 6.45) is 1.30. The Balaban J connectivity index is 2.94. The van der Waals surface area contributed by atoms with Crippen molar-refractivity contribution in [3.63, 3.8) is 0 Å². The molecule has 0 bridgehead atoms. The second kappa shape index (κ2) is 4.95. The Kier molecular flexibility index (Phi) is 3.62. The fraction of sp³-hybridized carbons (Fsp3) is 0.0909. The summed E-state index contributed by atoms with van der Waals surface area (Å²) in [6.45, 7) is 1.15. The van der Waals surface area contributed by atoms with Gasteiger partial charge in [-0.2, -0.15) is 0 Å². The highest BCUT2D eigenvalue weighted by molar-refractivity contribution is 5.92. The molecule has 15 heavy (non-hydrogen) atoms. The molecule has 0 saturated carbocycles. The Morgan fingerprint density at radius 3 is 2.33 bits per heavy atom. The molecule has 0 heterocycles. The molecule has 0 spiro atoms. The van der Waals surface area contributed by atoms with E-state index < -0.39 is 11.9 Å².